The quantitative estimate of drug-likeness (QED) is 0.810. The van der Waals surface area contributed by atoms with E-state index in [1.165, 1.54) is 0 Å². The van der Waals surface area contributed by atoms with Gasteiger partial charge in [0.05, 0.1) is 6.04 Å². The number of aryl methyl sites for hydroxylation is 1. The summed E-state index contributed by atoms with van der Waals surface area (Å²) >= 11 is 0. The summed E-state index contributed by atoms with van der Waals surface area (Å²) in [5.74, 6) is 1.04. The molecule has 2 N–H and O–H groups in total. The molecule has 1 saturated heterocycles. The Morgan fingerprint density at radius 3 is 2.88 bits per heavy atom. The Balaban J connectivity index is 2.00. The summed E-state index contributed by atoms with van der Waals surface area (Å²) in [5.41, 5.74) is 7.98. The molecule has 3 rings (SSSR count). The first-order valence-corrected chi connectivity index (χ1v) is 5.83. The molecule has 2 aliphatic rings. The van der Waals surface area contributed by atoms with Gasteiger partial charge in [-0.15, -0.1) is 0 Å². The lowest BCUT2D eigenvalue weighted by Gasteiger charge is -2.28. The fourth-order valence-electron chi connectivity index (χ4n) is 2.87. The average Bonchev–Trinajstić information content (AvgIpc) is 3.01. The minimum Gasteiger partial charge on any atom is -0.328 e. The van der Waals surface area contributed by atoms with Crippen LogP contribution in [-0.4, -0.2) is 18.5 Å². The number of para-hydroxylation sites is 1. The van der Waals surface area contributed by atoms with E-state index in [9.17, 15) is 4.79 Å². The number of amides is 1. The zero-order chi connectivity index (χ0) is 11.3. The monoisotopic (exact) mass is 216 g/mol. The summed E-state index contributed by atoms with van der Waals surface area (Å²) in [5, 5.41) is 0. The van der Waals surface area contributed by atoms with E-state index in [4.69, 9.17) is 5.73 Å². The Labute approximate surface area is 95.2 Å². The predicted octanol–water partition coefficient (Wildman–Crippen LogP) is 1.31. The van der Waals surface area contributed by atoms with Crippen molar-refractivity contribution >= 4 is 11.6 Å². The molecule has 3 unspecified atom stereocenters. The number of carbonyl (C=O) groups is 1. The molecule has 1 aromatic carbocycles. The maximum atomic E-state index is 12.1. The van der Waals surface area contributed by atoms with Gasteiger partial charge in [0, 0.05) is 18.2 Å². The topological polar surface area (TPSA) is 46.3 Å². The number of nitrogens with zero attached hydrogens (tertiary/aromatic N) is 1. The molecule has 1 aromatic rings. The summed E-state index contributed by atoms with van der Waals surface area (Å²) in [6.45, 7) is 2.61. The zero-order valence-corrected chi connectivity index (χ0v) is 9.39. The number of nitrogens with two attached hydrogens (primary N) is 1. The molecule has 1 aliphatic heterocycles. The molecular formula is C13H16N2O. The second-order valence-electron chi connectivity index (χ2n) is 4.80. The van der Waals surface area contributed by atoms with Crippen molar-refractivity contribution in [3.63, 3.8) is 0 Å². The Hall–Kier alpha value is -1.35. The van der Waals surface area contributed by atoms with Gasteiger partial charge in [0.15, 0.2) is 0 Å². The highest BCUT2D eigenvalue weighted by atomic mass is 16.2. The van der Waals surface area contributed by atoms with Crippen molar-refractivity contribution in [1.29, 1.82) is 0 Å². The Bertz CT molecular complexity index is 443. The normalized spacial score (nSPS) is 31.8. The molecule has 1 saturated carbocycles. The summed E-state index contributed by atoms with van der Waals surface area (Å²) in [6, 6.07) is 8.25. The van der Waals surface area contributed by atoms with Crippen LogP contribution in [-0.2, 0) is 4.79 Å². The van der Waals surface area contributed by atoms with E-state index >= 15 is 0 Å². The van der Waals surface area contributed by atoms with E-state index in [1.807, 2.05) is 36.1 Å². The van der Waals surface area contributed by atoms with Crippen molar-refractivity contribution < 1.29 is 4.79 Å². The third-order valence-electron chi connectivity index (χ3n) is 3.84. The molecule has 3 heteroatoms. The van der Waals surface area contributed by atoms with Crippen molar-refractivity contribution in [3.05, 3.63) is 29.8 Å². The van der Waals surface area contributed by atoms with Crippen LogP contribution < -0.4 is 10.6 Å². The highest BCUT2D eigenvalue weighted by molar-refractivity contribution is 6.01. The minimum absolute atomic E-state index is 0.221. The van der Waals surface area contributed by atoms with Gasteiger partial charge in [0.1, 0.15) is 0 Å². The molecular weight excluding hydrogens is 200 g/mol. The maximum absolute atomic E-state index is 12.1. The number of fused-ring (bicyclic) bond motifs is 1. The number of piperidine rings is 1. The minimum atomic E-state index is 0.221. The maximum Gasteiger partial charge on any atom is 0.230 e. The lowest BCUT2D eigenvalue weighted by atomic mass is 10.1. The van der Waals surface area contributed by atoms with Gasteiger partial charge in [-0.2, -0.15) is 0 Å². The number of rotatable bonds is 2. The van der Waals surface area contributed by atoms with Gasteiger partial charge in [-0.3, -0.25) is 4.79 Å². The number of anilines is 1. The van der Waals surface area contributed by atoms with E-state index in [-0.39, 0.29) is 17.9 Å². The fourth-order valence-corrected chi connectivity index (χ4v) is 2.87. The van der Waals surface area contributed by atoms with Crippen LogP contribution in [0.25, 0.3) is 0 Å². The molecule has 1 aliphatic carbocycles. The first-order chi connectivity index (χ1) is 7.74. The highest BCUT2D eigenvalue weighted by Crippen LogP contribution is 2.51. The summed E-state index contributed by atoms with van der Waals surface area (Å²) in [6.07, 6.45) is 1.04. The second-order valence-corrected chi connectivity index (χ2v) is 4.80. The van der Waals surface area contributed by atoms with Crippen LogP contribution in [0, 0.1) is 18.8 Å². The summed E-state index contributed by atoms with van der Waals surface area (Å²) in [4.78, 5) is 14.1. The lowest BCUT2D eigenvalue weighted by Crippen LogP contribution is -2.41. The van der Waals surface area contributed by atoms with Crippen LogP contribution in [0.5, 0.6) is 0 Å². The molecule has 1 heterocycles. The molecule has 84 valence electrons. The van der Waals surface area contributed by atoms with E-state index in [2.05, 4.69) is 0 Å². The van der Waals surface area contributed by atoms with Gasteiger partial charge in [0.2, 0.25) is 5.91 Å². The van der Waals surface area contributed by atoms with Gasteiger partial charge in [0.25, 0.3) is 0 Å². The first kappa shape index (κ1) is 9.85. The first-order valence-electron chi connectivity index (χ1n) is 5.83. The molecule has 0 bridgehead atoms. The van der Waals surface area contributed by atoms with Gasteiger partial charge in [-0.1, -0.05) is 18.2 Å². The van der Waals surface area contributed by atoms with Gasteiger partial charge in [-0.05, 0) is 30.9 Å². The van der Waals surface area contributed by atoms with Crippen molar-refractivity contribution in [2.24, 2.45) is 17.6 Å². The molecule has 3 nitrogen and oxygen atoms in total. The fraction of sp³-hybridized carbons (Fsp3) is 0.462. The largest absolute Gasteiger partial charge is 0.328 e. The Kier molecular flexibility index (Phi) is 2.04. The van der Waals surface area contributed by atoms with Crippen LogP contribution in [0.1, 0.15) is 12.0 Å². The van der Waals surface area contributed by atoms with E-state index < -0.39 is 0 Å². The number of carbonyl (C=O) groups excluding carboxylic acids is 1. The van der Waals surface area contributed by atoms with Crippen molar-refractivity contribution in [2.45, 2.75) is 19.4 Å². The summed E-state index contributed by atoms with van der Waals surface area (Å²) in [7, 11) is 0. The van der Waals surface area contributed by atoms with Crippen LogP contribution in [0.3, 0.4) is 0 Å². The summed E-state index contributed by atoms with van der Waals surface area (Å²) < 4.78 is 0. The van der Waals surface area contributed by atoms with Crippen LogP contribution in [0.4, 0.5) is 5.69 Å². The van der Waals surface area contributed by atoms with Crippen molar-refractivity contribution in [2.75, 3.05) is 11.4 Å². The molecule has 3 atom stereocenters. The highest BCUT2D eigenvalue weighted by Gasteiger charge is 2.58. The molecule has 16 heavy (non-hydrogen) atoms. The molecule has 2 fully saturated rings. The number of benzene rings is 1. The number of hydrogen-bond acceptors (Lipinski definition) is 2. The average molecular weight is 216 g/mol. The van der Waals surface area contributed by atoms with Crippen molar-refractivity contribution in [1.82, 2.24) is 0 Å². The van der Waals surface area contributed by atoms with Gasteiger partial charge >= 0.3 is 0 Å². The Morgan fingerprint density at radius 2 is 2.19 bits per heavy atom. The third kappa shape index (κ3) is 1.21. The van der Waals surface area contributed by atoms with Crippen molar-refractivity contribution in [3.8, 4) is 0 Å². The van der Waals surface area contributed by atoms with Crippen LogP contribution >= 0.6 is 0 Å². The number of hydrogen-bond donors (Lipinski definition) is 1. The third-order valence-corrected chi connectivity index (χ3v) is 3.84. The SMILES string of the molecule is Cc1ccccc1N1C(=O)C2CC2C1CN. The second kappa shape index (κ2) is 3.32. The molecule has 0 aromatic heterocycles. The van der Waals surface area contributed by atoms with E-state index in [0.29, 0.717) is 12.5 Å². The standard InChI is InChI=1S/C13H16N2O/c1-8-4-2-3-5-11(8)15-12(7-14)9-6-10(9)13(15)16/h2-5,9-10,12H,6-7,14H2,1H3. The van der Waals surface area contributed by atoms with E-state index in [1.54, 1.807) is 0 Å². The van der Waals surface area contributed by atoms with Gasteiger partial charge < -0.3 is 10.6 Å². The van der Waals surface area contributed by atoms with Gasteiger partial charge in [-0.25, -0.2) is 0 Å². The smallest absolute Gasteiger partial charge is 0.230 e. The molecule has 0 radical (unpaired) electrons. The van der Waals surface area contributed by atoms with Crippen LogP contribution in [0.2, 0.25) is 0 Å². The molecule has 1 amide bonds. The lowest BCUT2D eigenvalue weighted by molar-refractivity contribution is -0.118. The Morgan fingerprint density at radius 1 is 1.44 bits per heavy atom. The van der Waals surface area contributed by atoms with E-state index in [0.717, 1.165) is 17.7 Å². The molecule has 0 spiro atoms. The predicted molar refractivity (Wildman–Crippen MR) is 63.1 cm³/mol. The zero-order valence-electron chi connectivity index (χ0n) is 9.39. The van der Waals surface area contributed by atoms with Crippen LogP contribution in [0.15, 0.2) is 24.3 Å².